The predicted molar refractivity (Wildman–Crippen MR) is 392 cm³/mol. The maximum Gasteiger partial charge on any atom is 0.322 e. The van der Waals surface area contributed by atoms with E-state index in [2.05, 4.69) is 10.6 Å². The molecule has 3 atom stereocenters. The van der Waals surface area contributed by atoms with Crippen LogP contribution in [0.2, 0.25) is 0 Å². The topological polar surface area (TPSA) is 401 Å². The van der Waals surface area contributed by atoms with E-state index in [4.69, 9.17) is 32.4 Å². The number of aliphatic carboxylic acids is 1. The minimum Gasteiger partial charge on any atom is -0.480 e. The van der Waals surface area contributed by atoms with Crippen LogP contribution < -0.4 is 43.0 Å². The van der Waals surface area contributed by atoms with E-state index < -0.39 is 129 Å². The molecule has 3 unspecified atom stereocenters. The SMILES string of the molecule is CC(c1ccccc1)N(CC(=O)N(CCCCN)CC(=O)N(CCc1ccc(S(=O)O)cc1)CC(=O)N(CC(=O)N(CCCCN)CC(=O)N(CCCCN)CC(=O)N(CCCCN)CC(=O)NCC(=O)O)Cc1ccc2c(c1)OCO2)C(=O)CN(C(=O)CNC1CCCCC1)C(C)c1ccccc1. The van der Waals surface area contributed by atoms with Crippen molar-refractivity contribution < 1.29 is 71.3 Å². The van der Waals surface area contributed by atoms with Crippen LogP contribution in [0.15, 0.2) is 108 Å². The maximum absolute atomic E-state index is 15.5. The lowest BCUT2D eigenvalue weighted by molar-refractivity contribution is -0.149. The third-order valence-corrected chi connectivity index (χ3v) is 19.2. The Morgan fingerprint density at radius 2 is 0.885 bits per heavy atom. The molecule has 1 saturated carbocycles. The minimum absolute atomic E-state index is 0.00292. The molecule has 4 aromatic carbocycles. The molecule has 1 fully saturated rings. The molecule has 1 heterocycles. The number of ether oxygens (including phenoxy) is 2. The number of carboxylic acid groups (broad SMARTS) is 1. The molecule has 0 saturated heterocycles. The third kappa shape index (κ3) is 28.3. The number of benzene rings is 4. The van der Waals surface area contributed by atoms with E-state index in [0.29, 0.717) is 86.1 Å². The number of fused-ring (bicyclic) bond motifs is 1. The number of amides is 9. The Balaban J connectivity index is 1.33. The lowest BCUT2D eigenvalue weighted by Crippen LogP contribution is -2.53. The van der Waals surface area contributed by atoms with Gasteiger partial charge in [0.15, 0.2) is 22.6 Å². The molecular weight excluding hydrogens is 1360 g/mol. The quantitative estimate of drug-likeness (QED) is 0.0233. The number of hydrogen-bond donors (Lipinski definition) is 8. The molecular formula is C74H108N14O15S. The second kappa shape index (κ2) is 45.3. The number of rotatable bonds is 47. The summed E-state index contributed by atoms with van der Waals surface area (Å²) in [6, 6.07) is 28.5. The van der Waals surface area contributed by atoms with Crippen molar-refractivity contribution in [1.29, 1.82) is 0 Å². The largest absolute Gasteiger partial charge is 0.480 e. The fraction of sp³-hybridized carbons (Fsp3) is 0.541. The van der Waals surface area contributed by atoms with E-state index in [1.165, 1.54) is 51.3 Å². The lowest BCUT2D eigenvalue weighted by Gasteiger charge is -2.36. The fourth-order valence-corrected chi connectivity index (χ4v) is 12.7. The van der Waals surface area contributed by atoms with Crippen molar-refractivity contribution in [3.05, 3.63) is 125 Å². The molecule has 29 nitrogen and oxygen atoms in total. The third-order valence-electron chi connectivity index (χ3n) is 18.6. The van der Waals surface area contributed by atoms with Crippen LogP contribution >= 0.6 is 0 Å². The first-order chi connectivity index (χ1) is 50.1. The van der Waals surface area contributed by atoms with Crippen molar-refractivity contribution >= 4 is 70.2 Å². The zero-order valence-electron chi connectivity index (χ0n) is 60.3. The Morgan fingerprint density at radius 3 is 1.36 bits per heavy atom. The molecule has 12 N–H and O–H groups in total. The van der Waals surface area contributed by atoms with Crippen molar-refractivity contribution in [3.63, 3.8) is 0 Å². The molecule has 6 rings (SSSR count). The van der Waals surface area contributed by atoms with Crippen LogP contribution in [0, 0.1) is 0 Å². The van der Waals surface area contributed by atoms with Gasteiger partial charge in [-0.15, -0.1) is 0 Å². The highest BCUT2D eigenvalue weighted by Gasteiger charge is 2.35. The van der Waals surface area contributed by atoms with Gasteiger partial charge in [0.05, 0.1) is 56.2 Å². The molecule has 0 aromatic heterocycles. The van der Waals surface area contributed by atoms with E-state index >= 15 is 24.0 Å². The number of nitrogens with one attached hydrogen (secondary N) is 2. The van der Waals surface area contributed by atoms with E-state index in [0.717, 1.165) is 37.7 Å². The first kappa shape index (κ1) is 84.0. The average Bonchev–Trinajstić information content (AvgIpc) is 1.32. The van der Waals surface area contributed by atoms with Crippen LogP contribution in [-0.4, -0.2) is 249 Å². The molecule has 1 aliphatic heterocycles. The summed E-state index contributed by atoms with van der Waals surface area (Å²) >= 11 is -2.30. The van der Waals surface area contributed by atoms with E-state index in [1.807, 2.05) is 67.6 Å². The number of carboxylic acids is 1. The Labute approximate surface area is 612 Å². The van der Waals surface area contributed by atoms with Gasteiger partial charge in [-0.1, -0.05) is 98.1 Å². The molecule has 0 radical (unpaired) electrons. The summed E-state index contributed by atoms with van der Waals surface area (Å²) in [7, 11) is 0. The van der Waals surface area contributed by atoms with Crippen LogP contribution in [0.5, 0.6) is 11.5 Å². The monoisotopic (exact) mass is 1460 g/mol. The van der Waals surface area contributed by atoms with Gasteiger partial charge in [-0.05, 0) is 157 Å². The number of carbonyl (C=O) groups excluding carboxylic acids is 9. The van der Waals surface area contributed by atoms with Crippen molar-refractivity contribution in [3.8, 4) is 11.5 Å². The van der Waals surface area contributed by atoms with E-state index in [-0.39, 0.29) is 102 Å². The molecule has 2 aliphatic rings. The Morgan fingerprint density at radius 1 is 0.471 bits per heavy atom. The van der Waals surface area contributed by atoms with Gasteiger partial charge >= 0.3 is 5.97 Å². The van der Waals surface area contributed by atoms with Crippen molar-refractivity contribution in [2.45, 2.75) is 133 Å². The summed E-state index contributed by atoms with van der Waals surface area (Å²) in [6.07, 6.45) is 8.51. The molecule has 4 aromatic rings. The highest BCUT2D eigenvalue weighted by atomic mass is 32.2. The molecule has 0 bridgehead atoms. The molecule has 1 aliphatic carbocycles. The predicted octanol–water partition coefficient (Wildman–Crippen LogP) is 2.97. The maximum atomic E-state index is 15.5. The summed E-state index contributed by atoms with van der Waals surface area (Å²) in [5.41, 5.74) is 26.2. The summed E-state index contributed by atoms with van der Waals surface area (Å²) in [5, 5.41) is 14.9. The number of hydrogen-bond acceptors (Lipinski definition) is 18. The minimum atomic E-state index is -2.30. The first-order valence-corrected chi connectivity index (χ1v) is 37.2. The number of carbonyl (C=O) groups is 10. The zero-order chi connectivity index (χ0) is 75.3. The fourth-order valence-electron chi connectivity index (χ4n) is 12.3. The number of unbranched alkanes of at least 4 members (excludes halogenated alkanes) is 4. The standard InChI is InChI=1S/C74H108N14O15S/c1-55(59-20-6-3-7-21-59)87(66(90)43-79-61-24-10-5-11-25-61)53-73(97)88(56(2)60-22-8-4-9-23-60)52-72(96)84(40-19-15-36-78)49-69(93)85(41-32-57-26-29-62(30-27-57)104(100)101)50-71(95)86(45-58-28-31-63-64(42-58)103-54-102-63)51-70(94)83(39-18-14-35-77)48-68(92)82(38-17-13-34-76)47-67(91)81(37-16-12-33-75)46-65(89)80-44-74(98)99/h3-4,6-9,20-23,26-31,42,55-56,61,79H,5,10-19,24-25,32-41,43-54,75-78H2,1-2H3,(H,80,89)(H,98,99)(H,100,101). The summed E-state index contributed by atoms with van der Waals surface area (Å²) in [4.78, 5) is 155. The number of nitrogens with zero attached hydrogens (tertiary/aromatic N) is 8. The average molecular weight is 1470 g/mol. The smallest absolute Gasteiger partial charge is 0.322 e. The van der Waals surface area contributed by atoms with Crippen LogP contribution in [0.1, 0.15) is 132 Å². The lowest BCUT2D eigenvalue weighted by atomic mass is 9.95. The molecule has 570 valence electrons. The second-order valence-corrected chi connectivity index (χ2v) is 27.2. The van der Waals surface area contributed by atoms with Gasteiger partial charge in [0.1, 0.15) is 26.2 Å². The Bertz CT molecular complexity index is 3430. The van der Waals surface area contributed by atoms with Crippen molar-refractivity contribution in [2.75, 3.05) is 131 Å². The van der Waals surface area contributed by atoms with Crippen LogP contribution in [0.4, 0.5) is 0 Å². The van der Waals surface area contributed by atoms with Crippen LogP contribution in [0.25, 0.3) is 0 Å². The van der Waals surface area contributed by atoms with Gasteiger partial charge in [0, 0.05) is 45.3 Å². The van der Waals surface area contributed by atoms with Gasteiger partial charge in [-0.25, -0.2) is 4.21 Å². The Kier molecular flexibility index (Phi) is 36.6. The number of nitrogens with two attached hydrogens (primary N) is 4. The van der Waals surface area contributed by atoms with Crippen molar-refractivity contribution in [1.82, 2.24) is 49.8 Å². The van der Waals surface area contributed by atoms with Gasteiger partial charge in [0.2, 0.25) is 60.0 Å². The zero-order valence-corrected chi connectivity index (χ0v) is 61.1. The molecule has 9 amide bonds. The van der Waals surface area contributed by atoms with Gasteiger partial charge in [0.25, 0.3) is 0 Å². The molecule has 30 heteroatoms. The molecule has 104 heavy (non-hydrogen) atoms. The van der Waals surface area contributed by atoms with Crippen LogP contribution in [-0.2, 0) is 72.0 Å². The van der Waals surface area contributed by atoms with Gasteiger partial charge in [-0.3, -0.25) is 47.9 Å². The van der Waals surface area contributed by atoms with E-state index in [1.54, 1.807) is 37.3 Å². The first-order valence-electron chi connectivity index (χ1n) is 36.1. The normalized spacial score (nSPS) is 13.4. The summed E-state index contributed by atoms with van der Waals surface area (Å²) in [6.45, 7) is -0.679. The summed E-state index contributed by atoms with van der Waals surface area (Å²) in [5.74, 6) is -5.99. The molecule has 0 spiro atoms. The van der Waals surface area contributed by atoms with Crippen molar-refractivity contribution in [2.24, 2.45) is 22.9 Å². The Hall–Kier alpha value is -8.91. The van der Waals surface area contributed by atoms with Crippen LogP contribution in [0.3, 0.4) is 0 Å². The second-order valence-electron chi connectivity index (χ2n) is 26.2. The summed E-state index contributed by atoms with van der Waals surface area (Å²) < 4.78 is 33.2. The van der Waals surface area contributed by atoms with Gasteiger partial charge < -0.3 is 91.9 Å². The highest BCUT2D eigenvalue weighted by Crippen LogP contribution is 2.33. The van der Waals surface area contributed by atoms with Gasteiger partial charge in [-0.2, -0.15) is 0 Å². The van der Waals surface area contributed by atoms with E-state index in [9.17, 15) is 37.8 Å². The highest BCUT2D eigenvalue weighted by molar-refractivity contribution is 7.79.